The Labute approximate surface area is 157 Å². The minimum Gasteiger partial charge on any atom is -0.327 e. The number of anilines is 1. The normalized spacial score (nSPS) is 27.5. The van der Waals surface area contributed by atoms with Gasteiger partial charge in [-0.3, -0.25) is 4.79 Å². The van der Waals surface area contributed by atoms with Crippen LogP contribution in [-0.4, -0.2) is 26.7 Å². The number of hydrogen-bond acceptors (Lipinski definition) is 4. The minimum atomic E-state index is -0.453. The molecule has 2 fully saturated rings. The zero-order valence-electron chi connectivity index (χ0n) is 14.3. The van der Waals surface area contributed by atoms with Gasteiger partial charge in [-0.05, 0) is 55.7 Å². The summed E-state index contributed by atoms with van der Waals surface area (Å²) in [7, 11) is 0. The standard InChI is InChI=1S/C18H22FN5O.ClH/c19-15-8-14(4-5-16(15)24-10-21-9-22-24)23-18(25)13-6-11-2-1-3-12(7-13)17(11)20;/h4-5,8-13,17H,1-3,6-7,20H2,(H,23,25);1H. The Hall–Kier alpha value is -1.99. The lowest BCUT2D eigenvalue weighted by atomic mass is 9.65. The first-order valence-corrected chi connectivity index (χ1v) is 8.83. The summed E-state index contributed by atoms with van der Waals surface area (Å²) in [6, 6.07) is 4.83. The van der Waals surface area contributed by atoms with Crippen molar-refractivity contribution >= 4 is 24.0 Å². The molecule has 0 saturated heterocycles. The average Bonchev–Trinajstić information content (AvgIpc) is 3.08. The number of hydrogen-bond donors (Lipinski definition) is 2. The van der Waals surface area contributed by atoms with Crippen LogP contribution in [-0.2, 0) is 4.79 Å². The number of benzene rings is 1. The molecular weight excluding hydrogens is 357 g/mol. The van der Waals surface area contributed by atoms with Crippen LogP contribution in [0, 0.1) is 23.6 Å². The quantitative estimate of drug-likeness (QED) is 0.858. The van der Waals surface area contributed by atoms with Crippen LogP contribution in [0.2, 0.25) is 0 Å². The Bertz CT molecular complexity index is 755. The fourth-order valence-corrected chi connectivity index (χ4v) is 4.35. The number of nitrogens with zero attached hydrogens (tertiary/aromatic N) is 3. The highest BCUT2D eigenvalue weighted by Crippen LogP contribution is 2.42. The van der Waals surface area contributed by atoms with Gasteiger partial charge in [0.25, 0.3) is 0 Å². The molecule has 2 aliphatic carbocycles. The van der Waals surface area contributed by atoms with Crippen molar-refractivity contribution in [1.82, 2.24) is 14.8 Å². The first-order chi connectivity index (χ1) is 12.1. The number of nitrogens with one attached hydrogen (secondary N) is 1. The predicted octanol–water partition coefficient (Wildman–Crippen LogP) is 2.92. The molecule has 6 nitrogen and oxygen atoms in total. The van der Waals surface area contributed by atoms with E-state index in [4.69, 9.17) is 5.73 Å². The average molecular weight is 380 g/mol. The van der Waals surface area contributed by atoms with E-state index in [1.54, 1.807) is 12.1 Å². The van der Waals surface area contributed by atoms with Crippen molar-refractivity contribution in [2.45, 2.75) is 38.1 Å². The monoisotopic (exact) mass is 379 g/mol. The van der Waals surface area contributed by atoms with Gasteiger partial charge in [-0.25, -0.2) is 14.1 Å². The topological polar surface area (TPSA) is 85.8 Å². The Morgan fingerprint density at radius 3 is 2.62 bits per heavy atom. The highest BCUT2D eigenvalue weighted by molar-refractivity contribution is 5.92. The number of carbonyl (C=O) groups excluding carboxylic acids is 1. The molecule has 2 aliphatic rings. The Balaban J connectivity index is 0.00000196. The maximum Gasteiger partial charge on any atom is 0.227 e. The van der Waals surface area contributed by atoms with Crippen molar-refractivity contribution in [3.05, 3.63) is 36.7 Å². The predicted molar refractivity (Wildman–Crippen MR) is 98.7 cm³/mol. The summed E-state index contributed by atoms with van der Waals surface area (Å²) in [6.45, 7) is 0. The van der Waals surface area contributed by atoms with Gasteiger partial charge in [0, 0.05) is 17.6 Å². The van der Waals surface area contributed by atoms with Crippen LogP contribution in [0.15, 0.2) is 30.9 Å². The lowest BCUT2D eigenvalue weighted by Crippen LogP contribution is -2.48. The molecular formula is C18H23ClFN5O. The third kappa shape index (κ3) is 3.59. The van der Waals surface area contributed by atoms with Crippen molar-refractivity contribution in [2.24, 2.45) is 23.5 Å². The van der Waals surface area contributed by atoms with Gasteiger partial charge >= 0.3 is 0 Å². The van der Waals surface area contributed by atoms with E-state index in [1.807, 2.05) is 0 Å². The maximum absolute atomic E-state index is 14.3. The number of carbonyl (C=O) groups is 1. The van der Waals surface area contributed by atoms with E-state index in [-0.39, 0.29) is 30.3 Å². The number of nitrogens with two attached hydrogens (primary N) is 1. The molecule has 0 spiro atoms. The van der Waals surface area contributed by atoms with Crippen LogP contribution in [0.3, 0.4) is 0 Å². The number of fused-ring (bicyclic) bond motifs is 2. The SMILES string of the molecule is Cl.NC1C2CCCC1CC(C(=O)Nc1ccc(-n3cncn3)c(F)c1)C2. The van der Waals surface area contributed by atoms with E-state index in [9.17, 15) is 9.18 Å². The Kier molecular flexibility index (Phi) is 5.58. The van der Waals surface area contributed by atoms with Crippen LogP contribution in [0.25, 0.3) is 5.69 Å². The molecule has 1 aromatic heterocycles. The zero-order chi connectivity index (χ0) is 17.4. The molecule has 140 valence electrons. The lowest BCUT2D eigenvalue weighted by Gasteiger charge is -2.43. The molecule has 2 atom stereocenters. The molecule has 8 heteroatoms. The van der Waals surface area contributed by atoms with Gasteiger partial charge in [0.2, 0.25) is 5.91 Å². The van der Waals surface area contributed by atoms with Crippen LogP contribution in [0.4, 0.5) is 10.1 Å². The molecule has 4 rings (SSSR count). The summed E-state index contributed by atoms with van der Waals surface area (Å²) < 4.78 is 15.6. The fraction of sp³-hybridized carbons (Fsp3) is 0.500. The summed E-state index contributed by atoms with van der Waals surface area (Å²) in [5.74, 6) is 0.361. The maximum atomic E-state index is 14.3. The molecule has 2 bridgehead atoms. The highest BCUT2D eigenvalue weighted by atomic mass is 35.5. The molecule has 2 aromatic rings. The van der Waals surface area contributed by atoms with Gasteiger partial charge in [-0.15, -0.1) is 12.4 Å². The second kappa shape index (κ2) is 7.72. The summed E-state index contributed by atoms with van der Waals surface area (Å²) in [4.78, 5) is 16.4. The molecule has 1 heterocycles. The van der Waals surface area contributed by atoms with Crippen molar-refractivity contribution in [2.75, 3.05) is 5.32 Å². The molecule has 2 saturated carbocycles. The molecule has 1 amide bonds. The first-order valence-electron chi connectivity index (χ1n) is 8.83. The van der Waals surface area contributed by atoms with Gasteiger partial charge < -0.3 is 11.1 Å². The van der Waals surface area contributed by atoms with E-state index in [0.717, 1.165) is 25.7 Å². The molecule has 1 aromatic carbocycles. The smallest absolute Gasteiger partial charge is 0.227 e. The fourth-order valence-electron chi connectivity index (χ4n) is 4.35. The highest BCUT2D eigenvalue weighted by Gasteiger charge is 2.40. The largest absolute Gasteiger partial charge is 0.327 e. The number of rotatable bonds is 3. The second-order valence-electron chi connectivity index (χ2n) is 7.19. The van der Waals surface area contributed by atoms with E-state index in [2.05, 4.69) is 15.4 Å². The first kappa shape index (κ1) is 18.8. The molecule has 0 aliphatic heterocycles. The van der Waals surface area contributed by atoms with Gasteiger partial charge in [-0.1, -0.05) is 6.42 Å². The van der Waals surface area contributed by atoms with Gasteiger partial charge in [0.15, 0.2) is 5.82 Å². The molecule has 3 N–H and O–H groups in total. The minimum absolute atomic E-state index is 0. The van der Waals surface area contributed by atoms with E-state index >= 15 is 0 Å². The van der Waals surface area contributed by atoms with E-state index < -0.39 is 5.82 Å². The molecule has 2 unspecified atom stereocenters. The third-order valence-electron chi connectivity index (χ3n) is 5.66. The van der Waals surface area contributed by atoms with Crippen LogP contribution >= 0.6 is 12.4 Å². The van der Waals surface area contributed by atoms with Gasteiger partial charge in [0.1, 0.15) is 18.3 Å². The summed E-state index contributed by atoms with van der Waals surface area (Å²) in [5, 5.41) is 6.78. The summed E-state index contributed by atoms with van der Waals surface area (Å²) in [6.07, 6.45) is 7.89. The zero-order valence-corrected chi connectivity index (χ0v) is 15.2. The van der Waals surface area contributed by atoms with Crippen LogP contribution in [0.5, 0.6) is 0 Å². The summed E-state index contributed by atoms with van der Waals surface area (Å²) >= 11 is 0. The van der Waals surface area contributed by atoms with Crippen molar-refractivity contribution in [1.29, 1.82) is 0 Å². The number of halogens is 2. The van der Waals surface area contributed by atoms with Crippen molar-refractivity contribution in [3.8, 4) is 5.69 Å². The number of aromatic nitrogens is 3. The third-order valence-corrected chi connectivity index (χ3v) is 5.66. The number of amides is 1. The second-order valence-corrected chi connectivity index (χ2v) is 7.19. The summed E-state index contributed by atoms with van der Waals surface area (Å²) in [5.41, 5.74) is 7.05. The Morgan fingerprint density at radius 2 is 2.00 bits per heavy atom. The lowest BCUT2D eigenvalue weighted by molar-refractivity contribution is -0.122. The van der Waals surface area contributed by atoms with Crippen molar-refractivity contribution in [3.63, 3.8) is 0 Å². The van der Waals surface area contributed by atoms with Crippen molar-refractivity contribution < 1.29 is 9.18 Å². The molecule has 0 radical (unpaired) electrons. The van der Waals surface area contributed by atoms with Gasteiger partial charge in [0.05, 0.1) is 0 Å². The van der Waals surface area contributed by atoms with Crippen LogP contribution in [0.1, 0.15) is 32.1 Å². The van der Waals surface area contributed by atoms with Gasteiger partial charge in [-0.2, -0.15) is 5.10 Å². The molecule has 26 heavy (non-hydrogen) atoms. The van der Waals surface area contributed by atoms with Crippen LogP contribution < -0.4 is 11.1 Å². The van der Waals surface area contributed by atoms with E-state index in [0.29, 0.717) is 23.2 Å². The van der Waals surface area contributed by atoms with E-state index in [1.165, 1.54) is 29.8 Å². The Morgan fingerprint density at radius 1 is 1.27 bits per heavy atom.